The first kappa shape index (κ1) is 23.0. The summed E-state index contributed by atoms with van der Waals surface area (Å²) in [6.07, 6.45) is 2.14. The molecule has 34 heavy (non-hydrogen) atoms. The highest BCUT2D eigenvalue weighted by atomic mass is 19.4. The van der Waals surface area contributed by atoms with Crippen LogP contribution >= 0.6 is 0 Å². The standard InChI is InChI=1S/C24H28F3N5O2/c25-24(26,27)19-29-13-18(14-30-19)31-15-21(32(20(31)33)16-22(34)7-4-8-22)9-11-23(28,12-10-21)17-5-2-1-3-6-17/h1-3,5-6,13-14,34H,4,7-12,15-16,28H2/t21-,23-. The first-order valence-electron chi connectivity index (χ1n) is 11.6. The normalized spacial score (nSPS) is 28.9. The molecule has 3 aliphatic rings. The number of halogens is 3. The Bertz CT molecular complexity index is 1050. The molecule has 7 nitrogen and oxygen atoms in total. The zero-order valence-electron chi connectivity index (χ0n) is 18.8. The van der Waals surface area contributed by atoms with Gasteiger partial charge in [0.2, 0.25) is 5.82 Å². The van der Waals surface area contributed by atoms with Crippen LogP contribution in [0.25, 0.3) is 0 Å². The van der Waals surface area contributed by atoms with Crippen LogP contribution < -0.4 is 10.6 Å². The van der Waals surface area contributed by atoms with Gasteiger partial charge in [-0.05, 0) is 50.5 Å². The van der Waals surface area contributed by atoms with Crippen molar-refractivity contribution < 1.29 is 23.1 Å². The minimum Gasteiger partial charge on any atom is -0.388 e. The number of rotatable bonds is 4. The molecule has 2 aromatic rings. The third-order valence-electron chi connectivity index (χ3n) is 7.85. The highest BCUT2D eigenvalue weighted by molar-refractivity contribution is 5.95. The lowest BCUT2D eigenvalue weighted by molar-refractivity contribution is -0.144. The van der Waals surface area contributed by atoms with E-state index in [9.17, 15) is 23.1 Å². The second kappa shape index (κ2) is 7.91. The van der Waals surface area contributed by atoms with Crippen LogP contribution in [0.15, 0.2) is 42.7 Å². The number of amides is 2. The van der Waals surface area contributed by atoms with E-state index in [0.29, 0.717) is 45.1 Å². The first-order valence-corrected chi connectivity index (χ1v) is 11.6. The summed E-state index contributed by atoms with van der Waals surface area (Å²) in [7, 11) is 0. The van der Waals surface area contributed by atoms with Gasteiger partial charge < -0.3 is 15.7 Å². The number of nitrogens with two attached hydrogens (primary N) is 1. The number of benzene rings is 1. The third-order valence-corrected chi connectivity index (χ3v) is 7.85. The van der Waals surface area contributed by atoms with Crippen LogP contribution in [0.5, 0.6) is 0 Å². The predicted molar refractivity (Wildman–Crippen MR) is 119 cm³/mol. The van der Waals surface area contributed by atoms with Crippen molar-refractivity contribution in [3.8, 4) is 0 Å². The quantitative estimate of drug-likeness (QED) is 0.701. The molecule has 182 valence electrons. The van der Waals surface area contributed by atoms with Gasteiger partial charge >= 0.3 is 12.2 Å². The Balaban J connectivity index is 1.42. The largest absolute Gasteiger partial charge is 0.451 e. The molecule has 3 fully saturated rings. The number of β-amino-alcohol motifs (C(OH)–C–C–N with tert-alkyl or cyclic N) is 1. The monoisotopic (exact) mass is 475 g/mol. The van der Waals surface area contributed by atoms with Crippen molar-refractivity contribution in [2.45, 2.75) is 67.8 Å². The van der Waals surface area contributed by atoms with Gasteiger partial charge in [-0.1, -0.05) is 30.3 Å². The number of carbonyl (C=O) groups excluding carboxylic acids is 1. The summed E-state index contributed by atoms with van der Waals surface area (Å²) >= 11 is 0. The minimum absolute atomic E-state index is 0.201. The van der Waals surface area contributed by atoms with Crippen molar-refractivity contribution in [1.29, 1.82) is 0 Å². The smallest absolute Gasteiger partial charge is 0.388 e. The van der Waals surface area contributed by atoms with Crippen LogP contribution in [0.1, 0.15) is 56.3 Å². The number of alkyl halides is 3. The lowest BCUT2D eigenvalue weighted by atomic mass is 9.69. The van der Waals surface area contributed by atoms with E-state index in [0.717, 1.165) is 24.4 Å². The Labute approximate surface area is 195 Å². The summed E-state index contributed by atoms with van der Waals surface area (Å²) in [6, 6.07) is 9.54. The second-order valence-corrected chi connectivity index (χ2v) is 10.0. The minimum atomic E-state index is -4.65. The van der Waals surface area contributed by atoms with Crippen molar-refractivity contribution in [1.82, 2.24) is 14.9 Å². The number of carbonyl (C=O) groups is 1. The Morgan fingerprint density at radius 3 is 2.15 bits per heavy atom. The van der Waals surface area contributed by atoms with E-state index in [4.69, 9.17) is 5.73 Å². The van der Waals surface area contributed by atoms with Gasteiger partial charge in [0.1, 0.15) is 0 Å². The fraction of sp³-hybridized carbons (Fsp3) is 0.542. The number of aliphatic hydroxyl groups is 1. The first-order chi connectivity index (χ1) is 16.0. The molecule has 2 saturated carbocycles. The summed E-state index contributed by atoms with van der Waals surface area (Å²) in [5, 5.41) is 10.9. The molecule has 1 spiro atoms. The summed E-state index contributed by atoms with van der Waals surface area (Å²) in [6.45, 7) is 0.494. The average molecular weight is 476 g/mol. The fourth-order valence-electron chi connectivity index (χ4n) is 5.53. The molecule has 10 heteroatoms. The molecule has 5 rings (SSSR count). The van der Waals surface area contributed by atoms with Gasteiger partial charge in [0.05, 0.1) is 42.3 Å². The Kier molecular flexibility index (Phi) is 5.36. The highest BCUT2D eigenvalue weighted by Crippen LogP contribution is 2.48. The van der Waals surface area contributed by atoms with E-state index in [2.05, 4.69) is 9.97 Å². The van der Waals surface area contributed by atoms with Crippen LogP contribution in [0, 0.1) is 0 Å². The molecule has 1 saturated heterocycles. The molecule has 3 N–H and O–H groups in total. The van der Waals surface area contributed by atoms with E-state index in [1.165, 1.54) is 4.90 Å². The molecule has 1 aromatic heterocycles. The molecule has 0 radical (unpaired) electrons. The Hall–Kier alpha value is -2.72. The van der Waals surface area contributed by atoms with Crippen molar-refractivity contribution >= 4 is 11.7 Å². The van der Waals surface area contributed by atoms with Gasteiger partial charge in [0.15, 0.2) is 0 Å². The van der Waals surface area contributed by atoms with Gasteiger partial charge in [0, 0.05) is 5.54 Å². The van der Waals surface area contributed by atoms with E-state index < -0.39 is 28.7 Å². The number of hydrogen-bond acceptors (Lipinski definition) is 5. The maximum atomic E-state index is 13.5. The van der Waals surface area contributed by atoms with E-state index >= 15 is 0 Å². The average Bonchev–Trinajstić information content (AvgIpc) is 3.06. The van der Waals surface area contributed by atoms with Crippen LogP contribution in [-0.2, 0) is 11.7 Å². The van der Waals surface area contributed by atoms with Crippen LogP contribution in [0.2, 0.25) is 0 Å². The maximum absolute atomic E-state index is 13.5. The van der Waals surface area contributed by atoms with E-state index in [1.807, 2.05) is 30.3 Å². The summed E-state index contributed by atoms with van der Waals surface area (Å²) < 4.78 is 38.7. The summed E-state index contributed by atoms with van der Waals surface area (Å²) in [4.78, 5) is 23.6. The van der Waals surface area contributed by atoms with Gasteiger partial charge in [-0.25, -0.2) is 14.8 Å². The van der Waals surface area contributed by atoms with Gasteiger partial charge in [-0.3, -0.25) is 4.90 Å². The number of aromatic nitrogens is 2. The summed E-state index contributed by atoms with van der Waals surface area (Å²) in [5.74, 6) is -1.24. The lowest BCUT2D eigenvalue weighted by Gasteiger charge is -2.49. The molecule has 1 aliphatic heterocycles. The van der Waals surface area contributed by atoms with Crippen LogP contribution in [0.4, 0.5) is 23.7 Å². The fourth-order valence-corrected chi connectivity index (χ4v) is 5.53. The van der Waals surface area contributed by atoms with Crippen molar-refractivity contribution in [2.24, 2.45) is 5.73 Å². The van der Waals surface area contributed by atoms with Crippen LogP contribution in [0.3, 0.4) is 0 Å². The van der Waals surface area contributed by atoms with Crippen molar-refractivity contribution in [2.75, 3.05) is 18.0 Å². The molecule has 2 aliphatic carbocycles. The Morgan fingerprint density at radius 1 is 1.00 bits per heavy atom. The molecule has 0 unspecified atom stereocenters. The SMILES string of the molecule is N[C@]1(c2ccccc2)CC[C@@]2(CC1)CN(c1cnc(C(F)(F)F)nc1)C(=O)N2CC1(O)CCC1. The number of nitrogens with zero attached hydrogens (tertiary/aromatic N) is 4. The molecule has 0 atom stereocenters. The maximum Gasteiger partial charge on any atom is 0.451 e. The molecular weight excluding hydrogens is 447 g/mol. The lowest BCUT2D eigenvalue weighted by Crippen LogP contribution is -2.59. The van der Waals surface area contributed by atoms with Gasteiger partial charge in [0.25, 0.3) is 0 Å². The zero-order valence-corrected chi connectivity index (χ0v) is 18.8. The number of hydrogen-bond donors (Lipinski definition) is 2. The topological polar surface area (TPSA) is 95.6 Å². The predicted octanol–water partition coefficient (Wildman–Crippen LogP) is 3.82. The number of anilines is 1. The molecule has 2 heterocycles. The third kappa shape index (κ3) is 3.92. The Morgan fingerprint density at radius 2 is 1.62 bits per heavy atom. The van der Waals surface area contributed by atoms with E-state index in [-0.39, 0.29) is 18.3 Å². The molecule has 0 bridgehead atoms. The van der Waals surface area contributed by atoms with Gasteiger partial charge in [-0.2, -0.15) is 13.2 Å². The van der Waals surface area contributed by atoms with Crippen molar-refractivity contribution in [3.05, 3.63) is 54.1 Å². The molecule has 2 amide bonds. The van der Waals surface area contributed by atoms with Crippen LogP contribution in [-0.4, -0.2) is 50.2 Å². The van der Waals surface area contributed by atoms with Gasteiger partial charge in [-0.15, -0.1) is 0 Å². The summed E-state index contributed by atoms with van der Waals surface area (Å²) in [5.41, 5.74) is 6.04. The molecule has 1 aromatic carbocycles. The van der Waals surface area contributed by atoms with E-state index in [1.54, 1.807) is 4.90 Å². The second-order valence-electron chi connectivity index (χ2n) is 10.0. The zero-order chi connectivity index (χ0) is 24.2. The number of urea groups is 1. The van der Waals surface area contributed by atoms with Crippen molar-refractivity contribution in [3.63, 3.8) is 0 Å². The molecular formula is C24H28F3N5O2. The highest BCUT2D eigenvalue weighted by Gasteiger charge is 2.56.